The maximum atomic E-state index is 13.6. The monoisotopic (exact) mass is 708 g/mol. The van der Waals surface area contributed by atoms with Gasteiger partial charge >= 0.3 is 12.7 Å². The molecule has 6 rings (SSSR count). The second kappa shape index (κ2) is 14.4. The zero-order valence-corrected chi connectivity index (χ0v) is 29.1. The normalized spacial score (nSPS) is 14.1. The summed E-state index contributed by atoms with van der Waals surface area (Å²) in [5, 5.41) is 20.7. The highest BCUT2D eigenvalue weighted by Crippen LogP contribution is 2.39. The van der Waals surface area contributed by atoms with E-state index in [4.69, 9.17) is 14.6 Å². The molecule has 0 aliphatic carbocycles. The zero-order valence-electron chi connectivity index (χ0n) is 28.3. The number of amides is 2. The third-order valence-electron chi connectivity index (χ3n) is 7.70. The van der Waals surface area contributed by atoms with Crippen LogP contribution in [0.15, 0.2) is 60.1 Å². The van der Waals surface area contributed by atoms with Gasteiger partial charge in [0.25, 0.3) is 5.91 Å². The summed E-state index contributed by atoms with van der Waals surface area (Å²) in [6, 6.07) is 6.64. The lowest BCUT2D eigenvalue weighted by atomic mass is 10.1. The molecule has 1 saturated heterocycles. The van der Waals surface area contributed by atoms with Crippen LogP contribution in [0.5, 0.6) is 5.75 Å². The van der Waals surface area contributed by atoms with Crippen LogP contribution in [0.25, 0.3) is 16.9 Å². The summed E-state index contributed by atoms with van der Waals surface area (Å²) in [4.78, 5) is 32.9. The predicted molar refractivity (Wildman–Crippen MR) is 181 cm³/mol. The number of aromatic nitrogens is 8. The lowest BCUT2D eigenvalue weighted by Crippen LogP contribution is -2.42. The SMILES string of the molecule is CC(C)Sc1ccc(OC(F)F)c(-c2nn(Cc3cn(C4CCN(C(=O)OC(C)(C)C)CC4)nn3)cc2NC(=O)c2cnn3cccnc23)c1. The maximum Gasteiger partial charge on any atom is 0.410 e. The van der Waals surface area contributed by atoms with Crippen molar-refractivity contribution in [3.8, 4) is 17.0 Å². The van der Waals surface area contributed by atoms with Crippen LogP contribution in [0, 0.1) is 0 Å². The van der Waals surface area contributed by atoms with Crippen LogP contribution in [0.1, 0.15) is 69.6 Å². The largest absolute Gasteiger partial charge is 0.444 e. The molecule has 2 amide bonds. The van der Waals surface area contributed by atoms with E-state index < -0.39 is 18.1 Å². The number of piperidine rings is 1. The Labute approximate surface area is 291 Å². The minimum absolute atomic E-state index is 0.0349. The standard InChI is InChI=1S/C33H38F2N10O4S/c1-20(2)50-23-7-8-27(48-31(34)35)24(15-23)28-26(38-30(46)25-16-37-44-12-6-11-36-29(25)44)19-43(40-28)17-21-18-45(41-39-21)22-9-13-42(14-10-22)32(47)49-33(3,4)5/h6-8,11-12,15-16,18-20,22,31H,9-10,13-14,17H2,1-5H3,(H,38,46). The van der Waals surface area contributed by atoms with Gasteiger partial charge in [0.05, 0.1) is 30.7 Å². The summed E-state index contributed by atoms with van der Waals surface area (Å²) in [5.41, 5.74) is 1.37. The van der Waals surface area contributed by atoms with E-state index in [2.05, 4.69) is 25.7 Å². The molecule has 5 heterocycles. The van der Waals surface area contributed by atoms with Crippen molar-refractivity contribution in [1.82, 2.24) is 44.3 Å². The fraction of sp³-hybridized carbons (Fsp3) is 0.424. The number of carbonyl (C=O) groups is 2. The molecule has 50 heavy (non-hydrogen) atoms. The van der Waals surface area contributed by atoms with E-state index in [1.54, 1.807) is 62.8 Å². The maximum absolute atomic E-state index is 13.6. The van der Waals surface area contributed by atoms with Gasteiger partial charge < -0.3 is 19.7 Å². The van der Waals surface area contributed by atoms with Gasteiger partial charge in [-0.1, -0.05) is 19.1 Å². The van der Waals surface area contributed by atoms with Gasteiger partial charge in [-0.25, -0.2) is 19.0 Å². The number of ether oxygens (including phenoxy) is 2. The number of likely N-dealkylation sites (tertiary alicyclic amines) is 1. The summed E-state index contributed by atoms with van der Waals surface area (Å²) in [5.74, 6) is -0.595. The number of hydrogen-bond acceptors (Lipinski definition) is 10. The molecule has 14 nitrogen and oxygen atoms in total. The number of hydrogen-bond donors (Lipinski definition) is 1. The van der Waals surface area contributed by atoms with Gasteiger partial charge in [-0.15, -0.1) is 16.9 Å². The minimum atomic E-state index is -3.08. The molecule has 0 spiro atoms. The summed E-state index contributed by atoms with van der Waals surface area (Å²) in [7, 11) is 0. The number of alkyl halides is 2. The number of halogens is 2. The average Bonchev–Trinajstić information content (AvgIpc) is 3.79. The average molecular weight is 709 g/mol. The number of fused-ring (bicyclic) bond motifs is 1. The van der Waals surface area contributed by atoms with Crippen molar-refractivity contribution < 1.29 is 27.8 Å². The van der Waals surface area contributed by atoms with E-state index >= 15 is 0 Å². The highest BCUT2D eigenvalue weighted by molar-refractivity contribution is 7.99. The summed E-state index contributed by atoms with van der Waals surface area (Å²) in [6.45, 7) is 7.72. The van der Waals surface area contributed by atoms with Crippen LogP contribution in [0.2, 0.25) is 0 Å². The second-order valence-corrected chi connectivity index (χ2v) is 14.7. The Kier molecular flexibility index (Phi) is 10.0. The zero-order chi connectivity index (χ0) is 35.6. The number of rotatable bonds is 10. The van der Waals surface area contributed by atoms with E-state index in [1.807, 2.05) is 40.8 Å². The van der Waals surface area contributed by atoms with Crippen LogP contribution < -0.4 is 10.1 Å². The molecule has 264 valence electrons. The first-order valence-corrected chi connectivity index (χ1v) is 17.0. The van der Waals surface area contributed by atoms with E-state index in [-0.39, 0.29) is 52.2 Å². The fourth-order valence-corrected chi connectivity index (χ4v) is 6.45. The summed E-state index contributed by atoms with van der Waals surface area (Å²) in [6.07, 6.45) is 9.10. The number of thioether (sulfide) groups is 1. The Bertz CT molecular complexity index is 1980. The van der Waals surface area contributed by atoms with Crippen LogP contribution in [0.4, 0.5) is 19.3 Å². The Morgan fingerprint density at radius 1 is 1.14 bits per heavy atom. The quantitative estimate of drug-likeness (QED) is 0.167. The van der Waals surface area contributed by atoms with Crippen molar-refractivity contribution in [2.75, 3.05) is 18.4 Å². The van der Waals surface area contributed by atoms with Gasteiger partial charge in [0.2, 0.25) is 0 Å². The third kappa shape index (κ3) is 8.21. The summed E-state index contributed by atoms with van der Waals surface area (Å²) < 4.78 is 42.4. The highest BCUT2D eigenvalue weighted by Gasteiger charge is 2.28. The van der Waals surface area contributed by atoms with Crippen LogP contribution >= 0.6 is 11.8 Å². The first-order valence-electron chi connectivity index (χ1n) is 16.1. The van der Waals surface area contributed by atoms with E-state index in [0.29, 0.717) is 37.3 Å². The molecule has 4 aromatic heterocycles. The Morgan fingerprint density at radius 3 is 2.64 bits per heavy atom. The second-order valence-electron chi connectivity index (χ2n) is 13.1. The molecular formula is C33H38F2N10O4S. The molecule has 1 N–H and O–H groups in total. The van der Waals surface area contributed by atoms with Crippen molar-refractivity contribution in [2.45, 2.75) is 82.4 Å². The van der Waals surface area contributed by atoms with Gasteiger partial charge in [0, 0.05) is 47.4 Å². The van der Waals surface area contributed by atoms with Crippen LogP contribution in [-0.4, -0.2) is 86.8 Å². The van der Waals surface area contributed by atoms with Crippen molar-refractivity contribution in [3.63, 3.8) is 0 Å². The number of carbonyl (C=O) groups excluding carboxylic acids is 2. The topological polar surface area (TPSA) is 147 Å². The van der Waals surface area contributed by atoms with E-state index in [1.165, 1.54) is 16.8 Å². The van der Waals surface area contributed by atoms with Crippen molar-refractivity contribution in [1.29, 1.82) is 0 Å². The van der Waals surface area contributed by atoms with Crippen LogP contribution in [-0.2, 0) is 11.3 Å². The number of nitrogens with one attached hydrogen (secondary N) is 1. The molecule has 17 heteroatoms. The van der Waals surface area contributed by atoms with Gasteiger partial charge in [0.15, 0.2) is 5.65 Å². The molecule has 5 aromatic rings. The molecule has 0 radical (unpaired) electrons. The Balaban J connectivity index is 1.27. The van der Waals surface area contributed by atoms with Crippen LogP contribution in [0.3, 0.4) is 0 Å². The lowest BCUT2D eigenvalue weighted by Gasteiger charge is -2.33. The molecule has 0 atom stereocenters. The molecule has 1 aliphatic heterocycles. The smallest absolute Gasteiger partial charge is 0.410 e. The Hall–Kier alpha value is -5.06. The van der Waals surface area contributed by atoms with Crippen molar-refractivity contribution >= 4 is 35.1 Å². The number of benzene rings is 1. The molecule has 1 aromatic carbocycles. The number of nitrogens with zero attached hydrogens (tertiary/aromatic N) is 9. The number of anilines is 1. The van der Waals surface area contributed by atoms with Gasteiger partial charge in [-0.3, -0.25) is 9.48 Å². The first-order chi connectivity index (χ1) is 23.8. The lowest BCUT2D eigenvalue weighted by molar-refractivity contribution is -0.0495. The van der Waals surface area contributed by atoms with E-state index in [0.717, 1.165) is 4.90 Å². The Morgan fingerprint density at radius 2 is 1.92 bits per heavy atom. The fourth-order valence-electron chi connectivity index (χ4n) is 5.58. The van der Waals surface area contributed by atoms with Crippen molar-refractivity contribution in [2.24, 2.45) is 0 Å². The molecule has 0 bridgehead atoms. The molecule has 0 saturated carbocycles. The third-order valence-corrected chi connectivity index (χ3v) is 8.70. The van der Waals surface area contributed by atoms with Crippen molar-refractivity contribution in [3.05, 3.63) is 66.5 Å². The molecule has 1 aliphatic rings. The predicted octanol–water partition coefficient (Wildman–Crippen LogP) is 6.16. The molecule has 1 fully saturated rings. The van der Waals surface area contributed by atoms with E-state index in [9.17, 15) is 18.4 Å². The molecular weight excluding hydrogens is 670 g/mol. The van der Waals surface area contributed by atoms with Gasteiger partial charge in [0.1, 0.15) is 28.3 Å². The first kappa shape index (κ1) is 34.8. The summed E-state index contributed by atoms with van der Waals surface area (Å²) >= 11 is 1.55. The van der Waals surface area contributed by atoms with Gasteiger partial charge in [-0.05, 0) is 57.9 Å². The highest BCUT2D eigenvalue weighted by atomic mass is 32.2. The van der Waals surface area contributed by atoms with Gasteiger partial charge in [-0.2, -0.15) is 19.0 Å². The minimum Gasteiger partial charge on any atom is -0.444 e. The molecule has 0 unspecified atom stereocenters.